The van der Waals surface area contributed by atoms with Crippen LogP contribution < -0.4 is 5.32 Å². The van der Waals surface area contributed by atoms with Crippen LogP contribution in [0.15, 0.2) is 12.3 Å². The lowest BCUT2D eigenvalue weighted by Crippen LogP contribution is -2.28. The molecule has 1 aliphatic heterocycles. The number of rotatable bonds is 2. The third-order valence-corrected chi connectivity index (χ3v) is 3.29. The molecule has 1 amide bonds. The van der Waals surface area contributed by atoms with Crippen molar-refractivity contribution in [3.05, 3.63) is 22.8 Å². The quantitative estimate of drug-likeness (QED) is 0.882. The number of hydrogen-bond acceptors (Lipinski definition) is 3. The molecule has 2 rings (SSSR count). The zero-order valence-corrected chi connectivity index (χ0v) is 10.5. The van der Waals surface area contributed by atoms with Crippen molar-refractivity contribution >= 4 is 23.3 Å². The van der Waals surface area contributed by atoms with Gasteiger partial charge in [0.1, 0.15) is 5.82 Å². The van der Waals surface area contributed by atoms with Crippen molar-refractivity contribution in [1.29, 1.82) is 0 Å². The molecule has 1 saturated heterocycles. The number of hydrogen-bond donors (Lipinski definition) is 1. The maximum absolute atomic E-state index is 11.9. The molecule has 1 aromatic rings. The number of aromatic nitrogens is 1. The van der Waals surface area contributed by atoms with Gasteiger partial charge in [0, 0.05) is 30.4 Å². The normalized spacial score (nSPS) is 16.8. The van der Waals surface area contributed by atoms with E-state index in [2.05, 4.69) is 10.3 Å². The smallest absolute Gasteiger partial charge is 0.228 e. The SMILES string of the molecule is Cc1cnc(NC(=O)C2CCOCC2)cc1Cl. The Labute approximate surface area is 105 Å². The number of carbonyl (C=O) groups is 1. The molecule has 1 fully saturated rings. The third-order valence-electron chi connectivity index (χ3n) is 2.88. The molecule has 0 unspecified atom stereocenters. The highest BCUT2D eigenvalue weighted by Crippen LogP contribution is 2.20. The molecule has 17 heavy (non-hydrogen) atoms. The van der Waals surface area contributed by atoms with Gasteiger partial charge in [0.2, 0.25) is 5.91 Å². The van der Waals surface area contributed by atoms with E-state index in [9.17, 15) is 4.79 Å². The third kappa shape index (κ3) is 3.17. The molecular weight excluding hydrogens is 240 g/mol. The van der Waals surface area contributed by atoms with Crippen LogP contribution in [0.3, 0.4) is 0 Å². The molecule has 1 N–H and O–H groups in total. The topological polar surface area (TPSA) is 51.2 Å². The minimum atomic E-state index is 0.000666. The van der Waals surface area contributed by atoms with E-state index in [1.165, 1.54) is 0 Å². The summed E-state index contributed by atoms with van der Waals surface area (Å²) in [6.45, 7) is 3.18. The summed E-state index contributed by atoms with van der Waals surface area (Å²) >= 11 is 5.97. The number of pyridine rings is 1. The second kappa shape index (κ2) is 5.47. The standard InChI is InChI=1S/C12H15ClN2O2/c1-8-7-14-11(6-10(8)13)15-12(16)9-2-4-17-5-3-9/h6-7,9H,2-5H2,1H3,(H,14,15,16). The van der Waals surface area contributed by atoms with Crippen LogP contribution in [0.2, 0.25) is 5.02 Å². The number of carbonyl (C=O) groups excluding carboxylic acids is 1. The molecule has 0 radical (unpaired) electrons. The molecule has 0 saturated carbocycles. The zero-order chi connectivity index (χ0) is 12.3. The summed E-state index contributed by atoms with van der Waals surface area (Å²) < 4.78 is 5.22. The van der Waals surface area contributed by atoms with Gasteiger partial charge in [0.25, 0.3) is 0 Å². The summed E-state index contributed by atoms with van der Waals surface area (Å²) in [5, 5.41) is 3.40. The van der Waals surface area contributed by atoms with Crippen molar-refractivity contribution in [2.45, 2.75) is 19.8 Å². The molecule has 2 heterocycles. The number of ether oxygens (including phenoxy) is 1. The second-order valence-electron chi connectivity index (χ2n) is 4.19. The zero-order valence-electron chi connectivity index (χ0n) is 9.70. The lowest BCUT2D eigenvalue weighted by atomic mass is 9.99. The van der Waals surface area contributed by atoms with Gasteiger partial charge in [-0.05, 0) is 31.4 Å². The molecular formula is C12H15ClN2O2. The van der Waals surface area contributed by atoms with Crippen molar-refractivity contribution in [3.63, 3.8) is 0 Å². The molecule has 0 atom stereocenters. The van der Waals surface area contributed by atoms with Crippen molar-refractivity contribution < 1.29 is 9.53 Å². The number of amides is 1. The van der Waals surface area contributed by atoms with Crippen molar-refractivity contribution in [1.82, 2.24) is 4.98 Å². The van der Waals surface area contributed by atoms with Crippen molar-refractivity contribution in [2.24, 2.45) is 5.92 Å². The van der Waals surface area contributed by atoms with E-state index in [0.29, 0.717) is 24.1 Å². The molecule has 92 valence electrons. The van der Waals surface area contributed by atoms with Gasteiger partial charge in [-0.1, -0.05) is 11.6 Å². The van der Waals surface area contributed by atoms with Crippen LogP contribution in [0.4, 0.5) is 5.82 Å². The fourth-order valence-corrected chi connectivity index (χ4v) is 1.91. The lowest BCUT2D eigenvalue weighted by molar-refractivity contribution is -0.122. The molecule has 0 aliphatic carbocycles. The van der Waals surface area contributed by atoms with Crippen LogP contribution in [-0.4, -0.2) is 24.1 Å². The Morgan fingerprint density at radius 1 is 1.53 bits per heavy atom. The van der Waals surface area contributed by atoms with Crippen molar-refractivity contribution in [2.75, 3.05) is 18.5 Å². The van der Waals surface area contributed by atoms with E-state index >= 15 is 0 Å². The minimum absolute atomic E-state index is 0.000666. The Balaban J connectivity index is 1.99. The van der Waals surface area contributed by atoms with Gasteiger partial charge in [-0.15, -0.1) is 0 Å². The van der Waals surface area contributed by atoms with Crippen LogP contribution in [0, 0.1) is 12.8 Å². The van der Waals surface area contributed by atoms with E-state index in [1.54, 1.807) is 12.3 Å². The summed E-state index contributed by atoms with van der Waals surface area (Å²) in [6.07, 6.45) is 3.19. The van der Waals surface area contributed by atoms with Crippen LogP contribution >= 0.6 is 11.6 Å². The first-order chi connectivity index (χ1) is 8.16. The maximum Gasteiger partial charge on any atom is 0.228 e. The fourth-order valence-electron chi connectivity index (χ4n) is 1.76. The molecule has 1 aliphatic rings. The van der Waals surface area contributed by atoms with Crippen LogP contribution in [0.25, 0.3) is 0 Å². The minimum Gasteiger partial charge on any atom is -0.381 e. The van der Waals surface area contributed by atoms with E-state index in [1.807, 2.05) is 6.92 Å². The van der Waals surface area contributed by atoms with Gasteiger partial charge < -0.3 is 10.1 Å². The van der Waals surface area contributed by atoms with Crippen molar-refractivity contribution in [3.8, 4) is 0 Å². The first-order valence-electron chi connectivity index (χ1n) is 5.67. The summed E-state index contributed by atoms with van der Waals surface area (Å²) in [4.78, 5) is 16.0. The lowest BCUT2D eigenvalue weighted by Gasteiger charge is -2.20. The average molecular weight is 255 g/mol. The predicted molar refractivity (Wildman–Crippen MR) is 66.2 cm³/mol. The van der Waals surface area contributed by atoms with Gasteiger partial charge >= 0.3 is 0 Å². The van der Waals surface area contributed by atoms with E-state index in [0.717, 1.165) is 18.4 Å². The number of halogens is 1. The van der Waals surface area contributed by atoms with Crippen LogP contribution in [0.5, 0.6) is 0 Å². The predicted octanol–water partition coefficient (Wildman–Crippen LogP) is 2.41. The Hall–Kier alpha value is -1.13. The van der Waals surface area contributed by atoms with Gasteiger partial charge in [0.05, 0.1) is 0 Å². The molecule has 0 aromatic carbocycles. The van der Waals surface area contributed by atoms with E-state index in [4.69, 9.17) is 16.3 Å². The average Bonchev–Trinajstić information content (AvgIpc) is 2.35. The van der Waals surface area contributed by atoms with E-state index in [-0.39, 0.29) is 11.8 Å². The van der Waals surface area contributed by atoms with Gasteiger partial charge in [-0.3, -0.25) is 4.79 Å². The Morgan fingerprint density at radius 2 is 2.24 bits per heavy atom. The first-order valence-corrected chi connectivity index (χ1v) is 6.05. The summed E-state index contributed by atoms with van der Waals surface area (Å²) in [6, 6.07) is 1.67. The summed E-state index contributed by atoms with van der Waals surface area (Å²) in [5.41, 5.74) is 0.899. The molecule has 1 aromatic heterocycles. The largest absolute Gasteiger partial charge is 0.381 e. The molecule has 0 spiro atoms. The Kier molecular flexibility index (Phi) is 3.97. The maximum atomic E-state index is 11.9. The second-order valence-corrected chi connectivity index (χ2v) is 4.60. The Morgan fingerprint density at radius 3 is 2.88 bits per heavy atom. The van der Waals surface area contributed by atoms with Gasteiger partial charge in [-0.25, -0.2) is 4.98 Å². The molecule has 4 nitrogen and oxygen atoms in total. The van der Waals surface area contributed by atoms with Crippen LogP contribution in [0.1, 0.15) is 18.4 Å². The highest BCUT2D eigenvalue weighted by atomic mass is 35.5. The van der Waals surface area contributed by atoms with Gasteiger partial charge in [0.15, 0.2) is 0 Å². The summed E-state index contributed by atoms with van der Waals surface area (Å²) in [7, 11) is 0. The highest BCUT2D eigenvalue weighted by Gasteiger charge is 2.21. The number of anilines is 1. The number of nitrogens with one attached hydrogen (secondary N) is 1. The molecule has 0 bridgehead atoms. The summed E-state index contributed by atoms with van der Waals surface area (Å²) in [5.74, 6) is 0.531. The monoisotopic (exact) mass is 254 g/mol. The molecule has 5 heteroatoms. The highest BCUT2D eigenvalue weighted by molar-refractivity contribution is 6.31. The number of aryl methyl sites for hydroxylation is 1. The van der Waals surface area contributed by atoms with Crippen LogP contribution in [-0.2, 0) is 9.53 Å². The van der Waals surface area contributed by atoms with Gasteiger partial charge in [-0.2, -0.15) is 0 Å². The fraction of sp³-hybridized carbons (Fsp3) is 0.500. The first kappa shape index (κ1) is 12.3. The van der Waals surface area contributed by atoms with E-state index < -0.39 is 0 Å². The Bertz CT molecular complexity index is 417. The number of nitrogens with zero attached hydrogens (tertiary/aromatic N) is 1.